The van der Waals surface area contributed by atoms with Crippen LogP contribution in [0.4, 0.5) is 0 Å². The summed E-state index contributed by atoms with van der Waals surface area (Å²) in [7, 11) is 1.38. The molecule has 21 heavy (non-hydrogen) atoms. The Bertz CT molecular complexity index is 808. The first-order valence-corrected chi connectivity index (χ1v) is 6.79. The predicted octanol–water partition coefficient (Wildman–Crippen LogP) is 2.31. The van der Waals surface area contributed by atoms with E-state index in [0.29, 0.717) is 12.8 Å². The van der Waals surface area contributed by atoms with Crippen LogP contribution in [0.5, 0.6) is 0 Å². The number of benzene rings is 1. The molecule has 0 atom stereocenters. The lowest BCUT2D eigenvalue weighted by molar-refractivity contribution is -0.140. The fourth-order valence-corrected chi connectivity index (χ4v) is 2.54. The van der Waals surface area contributed by atoms with E-state index < -0.39 is 0 Å². The fourth-order valence-electron chi connectivity index (χ4n) is 2.54. The highest BCUT2D eigenvalue weighted by atomic mass is 16.5. The third-order valence-corrected chi connectivity index (χ3v) is 3.64. The average molecular weight is 284 g/mol. The molecule has 0 fully saturated rings. The minimum absolute atomic E-state index is 0.0127. The number of aromatic nitrogens is 2. The molecule has 2 heterocycles. The van der Waals surface area contributed by atoms with Crippen molar-refractivity contribution >= 4 is 27.8 Å². The summed E-state index contributed by atoms with van der Waals surface area (Å²) in [4.78, 5) is 19.0. The molecule has 3 rings (SSSR count). The second-order valence-electron chi connectivity index (χ2n) is 4.92. The lowest BCUT2D eigenvalue weighted by atomic mass is 10.1. The number of pyridine rings is 1. The van der Waals surface area contributed by atoms with Gasteiger partial charge in [0.25, 0.3) is 0 Å². The number of fused-ring (bicyclic) bond motifs is 3. The van der Waals surface area contributed by atoms with Crippen LogP contribution >= 0.6 is 0 Å². The maximum atomic E-state index is 11.3. The van der Waals surface area contributed by atoms with Crippen LogP contribution in [0.15, 0.2) is 30.5 Å². The molecular weight excluding hydrogens is 268 g/mol. The lowest BCUT2D eigenvalue weighted by Gasteiger charge is -2.01. The molecule has 108 valence electrons. The molecule has 0 spiro atoms. The standard InChI is InChI=1S/C16H16N2O3/c1-21-15(20)5-4-13-16-12(6-7-17-13)11-3-2-10(9-19)8-14(11)18-16/h2-3,6-8,18-19H,4-5,9H2,1H3. The summed E-state index contributed by atoms with van der Waals surface area (Å²) in [5.74, 6) is -0.243. The molecule has 0 amide bonds. The number of aliphatic hydroxyl groups is 1. The van der Waals surface area contributed by atoms with Gasteiger partial charge in [0.05, 0.1) is 31.3 Å². The van der Waals surface area contributed by atoms with E-state index in [2.05, 4.69) is 14.7 Å². The molecule has 0 saturated carbocycles. The number of nitrogens with one attached hydrogen (secondary N) is 1. The normalized spacial score (nSPS) is 11.1. The van der Waals surface area contributed by atoms with Crippen molar-refractivity contribution in [3.63, 3.8) is 0 Å². The van der Waals surface area contributed by atoms with Crippen molar-refractivity contribution in [1.29, 1.82) is 0 Å². The molecule has 1 aromatic carbocycles. The summed E-state index contributed by atoms with van der Waals surface area (Å²) in [5, 5.41) is 11.4. The smallest absolute Gasteiger partial charge is 0.305 e. The number of aromatic amines is 1. The Kier molecular flexibility index (Phi) is 3.58. The summed E-state index contributed by atoms with van der Waals surface area (Å²) >= 11 is 0. The van der Waals surface area contributed by atoms with E-state index in [1.165, 1.54) is 7.11 Å². The van der Waals surface area contributed by atoms with Crippen LogP contribution in [0, 0.1) is 0 Å². The number of H-pyrrole nitrogens is 1. The summed E-state index contributed by atoms with van der Waals surface area (Å²) in [6.45, 7) is 0.0127. The van der Waals surface area contributed by atoms with Crippen LogP contribution in [0.2, 0.25) is 0 Å². The largest absolute Gasteiger partial charge is 0.469 e. The van der Waals surface area contributed by atoms with Crippen LogP contribution in [0.3, 0.4) is 0 Å². The van der Waals surface area contributed by atoms with E-state index in [1.807, 2.05) is 24.3 Å². The molecule has 5 heteroatoms. The van der Waals surface area contributed by atoms with Crippen LogP contribution in [0.25, 0.3) is 21.8 Å². The van der Waals surface area contributed by atoms with Gasteiger partial charge in [-0.15, -0.1) is 0 Å². The van der Waals surface area contributed by atoms with Crippen LogP contribution < -0.4 is 0 Å². The van der Waals surface area contributed by atoms with Gasteiger partial charge in [0.2, 0.25) is 0 Å². The highest BCUT2D eigenvalue weighted by molar-refractivity contribution is 6.07. The predicted molar refractivity (Wildman–Crippen MR) is 79.9 cm³/mol. The van der Waals surface area contributed by atoms with Crippen molar-refractivity contribution in [2.75, 3.05) is 7.11 Å². The number of hydrogen-bond donors (Lipinski definition) is 2. The van der Waals surface area contributed by atoms with Gasteiger partial charge >= 0.3 is 5.97 Å². The highest BCUT2D eigenvalue weighted by Gasteiger charge is 2.11. The zero-order chi connectivity index (χ0) is 14.8. The molecular formula is C16H16N2O3. The van der Waals surface area contributed by atoms with Gasteiger partial charge < -0.3 is 14.8 Å². The van der Waals surface area contributed by atoms with Crippen molar-refractivity contribution in [1.82, 2.24) is 9.97 Å². The zero-order valence-electron chi connectivity index (χ0n) is 11.7. The number of hydrogen-bond acceptors (Lipinski definition) is 4. The van der Waals surface area contributed by atoms with Crippen molar-refractivity contribution in [2.24, 2.45) is 0 Å². The molecule has 0 radical (unpaired) electrons. The van der Waals surface area contributed by atoms with Gasteiger partial charge in [-0.3, -0.25) is 9.78 Å². The zero-order valence-corrected chi connectivity index (χ0v) is 11.7. The Morgan fingerprint density at radius 3 is 2.95 bits per heavy atom. The summed E-state index contributed by atoms with van der Waals surface area (Å²) < 4.78 is 4.67. The Labute approximate surface area is 121 Å². The van der Waals surface area contributed by atoms with E-state index >= 15 is 0 Å². The van der Waals surface area contributed by atoms with E-state index in [1.54, 1.807) is 6.20 Å². The Balaban J connectivity index is 2.08. The Morgan fingerprint density at radius 1 is 1.33 bits per heavy atom. The minimum Gasteiger partial charge on any atom is -0.469 e. The van der Waals surface area contributed by atoms with Gasteiger partial charge in [-0.2, -0.15) is 0 Å². The average Bonchev–Trinajstić information content (AvgIpc) is 2.90. The topological polar surface area (TPSA) is 75.2 Å². The number of aliphatic hydroxyl groups excluding tert-OH is 1. The number of carbonyl (C=O) groups excluding carboxylic acids is 1. The molecule has 5 nitrogen and oxygen atoms in total. The SMILES string of the molecule is COC(=O)CCc1nccc2c1[nH]c1cc(CO)ccc12. The van der Waals surface area contributed by atoms with Crippen LogP contribution in [-0.2, 0) is 22.6 Å². The van der Waals surface area contributed by atoms with Gasteiger partial charge in [0, 0.05) is 28.9 Å². The molecule has 0 aliphatic carbocycles. The second kappa shape index (κ2) is 5.54. The monoisotopic (exact) mass is 284 g/mol. The van der Waals surface area contributed by atoms with Crippen molar-refractivity contribution in [2.45, 2.75) is 19.4 Å². The van der Waals surface area contributed by atoms with E-state index in [0.717, 1.165) is 33.1 Å². The van der Waals surface area contributed by atoms with Crippen molar-refractivity contribution < 1.29 is 14.6 Å². The lowest BCUT2D eigenvalue weighted by Crippen LogP contribution is -2.03. The quantitative estimate of drug-likeness (QED) is 0.721. The number of ether oxygens (including phenoxy) is 1. The van der Waals surface area contributed by atoms with E-state index in [-0.39, 0.29) is 12.6 Å². The molecule has 2 N–H and O–H groups in total. The minimum atomic E-state index is -0.243. The molecule has 2 aromatic heterocycles. The van der Waals surface area contributed by atoms with Gasteiger partial charge in [0.15, 0.2) is 0 Å². The summed E-state index contributed by atoms with van der Waals surface area (Å²) in [5.41, 5.74) is 3.60. The fraction of sp³-hybridized carbons (Fsp3) is 0.250. The number of methoxy groups -OCH3 is 1. The van der Waals surface area contributed by atoms with Gasteiger partial charge in [0.1, 0.15) is 0 Å². The first-order valence-electron chi connectivity index (χ1n) is 6.79. The summed E-state index contributed by atoms with van der Waals surface area (Å²) in [6, 6.07) is 7.78. The van der Waals surface area contributed by atoms with Crippen LogP contribution in [0.1, 0.15) is 17.7 Å². The Morgan fingerprint density at radius 2 is 2.19 bits per heavy atom. The number of aryl methyl sites for hydroxylation is 1. The van der Waals surface area contributed by atoms with Crippen LogP contribution in [-0.4, -0.2) is 28.2 Å². The molecule has 0 bridgehead atoms. The molecule has 0 aliphatic heterocycles. The molecule has 0 unspecified atom stereocenters. The highest BCUT2D eigenvalue weighted by Crippen LogP contribution is 2.27. The maximum absolute atomic E-state index is 11.3. The third-order valence-electron chi connectivity index (χ3n) is 3.64. The third kappa shape index (κ3) is 2.48. The van der Waals surface area contributed by atoms with Gasteiger partial charge in [-0.25, -0.2) is 0 Å². The van der Waals surface area contributed by atoms with Gasteiger partial charge in [-0.05, 0) is 17.7 Å². The van der Waals surface area contributed by atoms with Gasteiger partial charge in [-0.1, -0.05) is 12.1 Å². The first-order chi connectivity index (χ1) is 10.2. The summed E-state index contributed by atoms with van der Waals surface area (Å²) in [6.07, 6.45) is 2.59. The van der Waals surface area contributed by atoms with Crippen molar-refractivity contribution in [3.8, 4) is 0 Å². The number of rotatable bonds is 4. The number of carbonyl (C=O) groups is 1. The van der Waals surface area contributed by atoms with E-state index in [4.69, 9.17) is 0 Å². The van der Waals surface area contributed by atoms with E-state index in [9.17, 15) is 9.90 Å². The molecule has 0 saturated heterocycles. The number of esters is 1. The first kappa shape index (κ1) is 13.6. The second-order valence-corrected chi connectivity index (χ2v) is 4.92. The number of nitrogens with zero attached hydrogens (tertiary/aromatic N) is 1. The molecule has 0 aliphatic rings. The van der Waals surface area contributed by atoms with Crippen molar-refractivity contribution in [3.05, 3.63) is 41.7 Å². The molecule has 3 aromatic rings. The Hall–Kier alpha value is -2.40. The maximum Gasteiger partial charge on any atom is 0.305 e.